The Labute approximate surface area is 186 Å². The van der Waals surface area contributed by atoms with Crippen molar-refractivity contribution < 1.29 is 19.1 Å². The topological polar surface area (TPSA) is 75.7 Å². The number of carbonyl (C=O) groups is 3. The first kappa shape index (κ1) is 21.6. The highest BCUT2D eigenvalue weighted by molar-refractivity contribution is 9.10. The lowest BCUT2D eigenvalue weighted by atomic mass is 10.1. The van der Waals surface area contributed by atoms with Gasteiger partial charge < -0.3 is 15.0 Å². The van der Waals surface area contributed by atoms with Gasteiger partial charge in [0.2, 0.25) is 5.91 Å². The van der Waals surface area contributed by atoms with Crippen molar-refractivity contribution in [1.29, 1.82) is 0 Å². The lowest BCUT2D eigenvalue weighted by molar-refractivity contribution is -0.151. The predicted molar refractivity (Wildman–Crippen MR) is 115 cm³/mol. The molecule has 1 N–H and O–H groups in total. The van der Waals surface area contributed by atoms with Gasteiger partial charge in [-0.2, -0.15) is 0 Å². The molecule has 1 heterocycles. The Hall–Kier alpha value is -2.09. The lowest BCUT2D eigenvalue weighted by Gasteiger charge is -2.16. The lowest BCUT2D eigenvalue weighted by Crippen LogP contribution is -2.28. The quantitative estimate of drug-likeness (QED) is 0.610. The maximum absolute atomic E-state index is 12.3. The summed E-state index contributed by atoms with van der Waals surface area (Å²) in [5.74, 6) is -1.92. The number of nitrogens with zero attached hydrogens (tertiary/aromatic N) is 1. The van der Waals surface area contributed by atoms with Gasteiger partial charge in [0.1, 0.15) is 0 Å². The van der Waals surface area contributed by atoms with Crippen molar-refractivity contribution in [3.8, 4) is 0 Å². The normalized spacial score (nSPS) is 16.1. The van der Waals surface area contributed by atoms with Gasteiger partial charge in [-0.3, -0.25) is 14.4 Å². The molecule has 9 heteroatoms. The molecule has 1 fully saturated rings. The minimum atomic E-state index is -0.641. The summed E-state index contributed by atoms with van der Waals surface area (Å²) >= 11 is 15.4. The molecule has 0 aliphatic carbocycles. The molecule has 0 aromatic heterocycles. The summed E-state index contributed by atoms with van der Waals surface area (Å²) in [6, 6.07) is 10.3. The van der Waals surface area contributed by atoms with Gasteiger partial charge in [-0.15, -0.1) is 0 Å². The van der Waals surface area contributed by atoms with Crippen LogP contribution in [0.3, 0.4) is 0 Å². The number of nitrogens with one attached hydrogen (secondary N) is 1. The molecule has 152 valence electrons. The van der Waals surface area contributed by atoms with Gasteiger partial charge >= 0.3 is 5.97 Å². The van der Waals surface area contributed by atoms with Gasteiger partial charge in [0.15, 0.2) is 6.61 Å². The van der Waals surface area contributed by atoms with E-state index in [1.807, 2.05) is 0 Å². The first-order chi connectivity index (χ1) is 13.8. The third-order valence-corrected chi connectivity index (χ3v) is 6.15. The van der Waals surface area contributed by atoms with Crippen LogP contribution >= 0.6 is 39.1 Å². The monoisotopic (exact) mass is 498 g/mol. The first-order valence-electron chi connectivity index (χ1n) is 8.73. The van der Waals surface area contributed by atoms with E-state index in [2.05, 4.69) is 21.2 Å². The van der Waals surface area contributed by atoms with Crippen molar-refractivity contribution in [2.75, 3.05) is 23.4 Å². The van der Waals surface area contributed by atoms with Crippen LogP contribution in [-0.4, -0.2) is 30.9 Å². The maximum atomic E-state index is 12.3. The highest BCUT2D eigenvalue weighted by Gasteiger charge is 2.36. The predicted octanol–water partition coefficient (Wildman–Crippen LogP) is 4.60. The van der Waals surface area contributed by atoms with Crippen LogP contribution in [0.15, 0.2) is 40.9 Å². The Balaban J connectivity index is 1.55. The summed E-state index contributed by atoms with van der Waals surface area (Å²) in [4.78, 5) is 38.2. The number of esters is 1. The van der Waals surface area contributed by atoms with Crippen LogP contribution in [0, 0.1) is 12.8 Å². The molecule has 2 aromatic rings. The van der Waals surface area contributed by atoms with Crippen molar-refractivity contribution in [1.82, 2.24) is 0 Å². The van der Waals surface area contributed by atoms with E-state index in [4.69, 9.17) is 27.9 Å². The molecule has 0 bridgehead atoms. The Bertz CT molecular complexity index is 983. The molecule has 0 radical (unpaired) electrons. The van der Waals surface area contributed by atoms with E-state index >= 15 is 0 Å². The minimum absolute atomic E-state index is 0.0222. The van der Waals surface area contributed by atoms with E-state index in [1.165, 1.54) is 4.90 Å². The molecule has 1 saturated heterocycles. The zero-order valence-corrected chi connectivity index (χ0v) is 18.5. The van der Waals surface area contributed by atoms with Crippen LogP contribution in [0.1, 0.15) is 12.0 Å². The molecule has 6 nitrogen and oxygen atoms in total. The zero-order valence-electron chi connectivity index (χ0n) is 15.4. The van der Waals surface area contributed by atoms with E-state index in [1.54, 1.807) is 43.3 Å². The Morgan fingerprint density at radius 3 is 2.76 bits per heavy atom. The van der Waals surface area contributed by atoms with Gasteiger partial charge in [0.05, 0.1) is 10.9 Å². The summed E-state index contributed by atoms with van der Waals surface area (Å²) in [5, 5.41) is 3.65. The minimum Gasteiger partial charge on any atom is -0.455 e. The summed E-state index contributed by atoms with van der Waals surface area (Å²) in [5.41, 5.74) is 1.85. The third kappa shape index (κ3) is 5.10. The van der Waals surface area contributed by atoms with Crippen molar-refractivity contribution >= 4 is 68.3 Å². The number of halogens is 3. The van der Waals surface area contributed by atoms with Crippen molar-refractivity contribution in [3.05, 3.63) is 56.5 Å². The largest absolute Gasteiger partial charge is 0.455 e. The van der Waals surface area contributed by atoms with Gasteiger partial charge in [-0.1, -0.05) is 29.3 Å². The summed E-state index contributed by atoms with van der Waals surface area (Å²) < 4.78 is 5.83. The van der Waals surface area contributed by atoms with Gasteiger partial charge in [-0.25, -0.2) is 0 Å². The van der Waals surface area contributed by atoms with Gasteiger partial charge in [0, 0.05) is 33.8 Å². The van der Waals surface area contributed by atoms with Crippen LogP contribution in [0.4, 0.5) is 11.4 Å². The zero-order chi connectivity index (χ0) is 21.1. The number of anilines is 2. The van der Waals surface area contributed by atoms with Crippen molar-refractivity contribution in [2.24, 2.45) is 5.92 Å². The van der Waals surface area contributed by atoms with Crippen LogP contribution < -0.4 is 10.2 Å². The fourth-order valence-electron chi connectivity index (χ4n) is 2.99. The Kier molecular flexibility index (Phi) is 6.82. The molecule has 0 unspecified atom stereocenters. The van der Waals surface area contributed by atoms with Crippen LogP contribution in [0.2, 0.25) is 10.0 Å². The number of amides is 2. The molecule has 0 spiro atoms. The first-order valence-corrected chi connectivity index (χ1v) is 10.3. The molecule has 2 aromatic carbocycles. The van der Waals surface area contributed by atoms with E-state index in [-0.39, 0.29) is 18.9 Å². The number of ether oxygens (including phenoxy) is 1. The molecular weight excluding hydrogens is 483 g/mol. The standard InChI is InChI=1S/C20H17BrCl2N2O4/c1-11-16(6-5-15(21)19(11)23)24-17(26)10-29-20(28)12-7-18(27)25(9-12)14-4-2-3-13(22)8-14/h2-6,8,12H,7,9-10H2,1H3,(H,24,26)/t12-/m0/s1. The molecule has 29 heavy (non-hydrogen) atoms. The molecule has 1 aliphatic rings. The number of benzene rings is 2. The third-order valence-electron chi connectivity index (χ3n) is 4.54. The number of rotatable bonds is 5. The second-order valence-electron chi connectivity index (χ2n) is 6.58. The average Bonchev–Trinajstić information content (AvgIpc) is 3.08. The van der Waals surface area contributed by atoms with E-state index < -0.39 is 24.4 Å². The molecule has 2 amide bonds. The smallest absolute Gasteiger partial charge is 0.311 e. The van der Waals surface area contributed by atoms with E-state index in [0.717, 1.165) is 4.47 Å². The fraction of sp³-hybridized carbons (Fsp3) is 0.250. The van der Waals surface area contributed by atoms with Gasteiger partial charge in [0.25, 0.3) is 5.91 Å². The highest BCUT2D eigenvalue weighted by Crippen LogP contribution is 2.31. The fourth-order valence-corrected chi connectivity index (χ4v) is 3.77. The molecule has 1 aliphatic heterocycles. The van der Waals surface area contributed by atoms with Crippen molar-refractivity contribution in [2.45, 2.75) is 13.3 Å². The second kappa shape index (κ2) is 9.15. The molecule has 0 saturated carbocycles. The Morgan fingerprint density at radius 2 is 2.03 bits per heavy atom. The van der Waals surface area contributed by atoms with Crippen LogP contribution in [0.5, 0.6) is 0 Å². The second-order valence-corrected chi connectivity index (χ2v) is 8.24. The number of carbonyl (C=O) groups excluding carboxylic acids is 3. The number of hydrogen-bond acceptors (Lipinski definition) is 4. The van der Waals surface area contributed by atoms with Crippen LogP contribution in [0.25, 0.3) is 0 Å². The highest BCUT2D eigenvalue weighted by atomic mass is 79.9. The van der Waals surface area contributed by atoms with Crippen molar-refractivity contribution in [3.63, 3.8) is 0 Å². The Morgan fingerprint density at radius 1 is 1.28 bits per heavy atom. The van der Waals surface area contributed by atoms with E-state index in [0.29, 0.717) is 27.0 Å². The number of hydrogen-bond donors (Lipinski definition) is 1. The molecule has 1 atom stereocenters. The van der Waals surface area contributed by atoms with Gasteiger partial charge in [-0.05, 0) is 58.7 Å². The van der Waals surface area contributed by atoms with E-state index in [9.17, 15) is 14.4 Å². The summed E-state index contributed by atoms with van der Waals surface area (Å²) in [6.07, 6.45) is 0.0222. The SMILES string of the molecule is Cc1c(NC(=O)COC(=O)[C@H]2CC(=O)N(c3cccc(Cl)c3)C2)ccc(Br)c1Cl. The maximum Gasteiger partial charge on any atom is 0.311 e. The summed E-state index contributed by atoms with van der Waals surface area (Å²) in [6.45, 7) is 1.50. The molecular formula is C20H17BrCl2N2O4. The average molecular weight is 500 g/mol. The van der Waals surface area contributed by atoms with Crippen LogP contribution in [-0.2, 0) is 19.1 Å². The summed E-state index contributed by atoms with van der Waals surface area (Å²) in [7, 11) is 0. The molecule has 3 rings (SSSR count).